The number of rotatable bonds is 1. The molecule has 0 radical (unpaired) electrons. The lowest BCUT2D eigenvalue weighted by molar-refractivity contribution is 0.155. The molecular formula is C11H10OS. The highest BCUT2D eigenvalue weighted by Gasteiger charge is 2.43. The van der Waals surface area contributed by atoms with Crippen LogP contribution in [0.4, 0.5) is 0 Å². The quantitative estimate of drug-likeness (QED) is 0.733. The number of hydrogen-bond donors (Lipinski definition) is 1. The number of aliphatic hydroxyl groups is 1. The molecule has 13 heavy (non-hydrogen) atoms. The van der Waals surface area contributed by atoms with E-state index in [1.54, 1.807) is 11.3 Å². The van der Waals surface area contributed by atoms with Gasteiger partial charge < -0.3 is 5.11 Å². The molecule has 2 heteroatoms. The molecule has 1 aliphatic rings. The van der Waals surface area contributed by atoms with Crippen molar-refractivity contribution in [1.29, 1.82) is 0 Å². The van der Waals surface area contributed by atoms with Crippen LogP contribution in [-0.4, -0.2) is 5.11 Å². The minimum atomic E-state index is -0.469. The summed E-state index contributed by atoms with van der Waals surface area (Å²) in [5, 5.41) is 11.2. The monoisotopic (exact) mass is 190 g/mol. The van der Waals surface area contributed by atoms with Crippen LogP contribution in [0.3, 0.4) is 0 Å². The summed E-state index contributed by atoms with van der Waals surface area (Å²) in [5.74, 6) is 0. The van der Waals surface area contributed by atoms with Gasteiger partial charge >= 0.3 is 0 Å². The third-order valence-corrected chi connectivity index (χ3v) is 3.92. The third kappa shape index (κ3) is 1.10. The smallest absolute Gasteiger partial charge is 0.0990 e. The van der Waals surface area contributed by atoms with Crippen LogP contribution in [-0.2, 0) is 5.60 Å². The number of fused-ring (bicyclic) bond motifs is 1. The largest absolute Gasteiger partial charge is 0.384 e. The van der Waals surface area contributed by atoms with Crippen molar-refractivity contribution in [3.8, 4) is 0 Å². The summed E-state index contributed by atoms with van der Waals surface area (Å²) in [4.78, 5) is 1.13. The van der Waals surface area contributed by atoms with E-state index in [-0.39, 0.29) is 0 Å². The zero-order valence-corrected chi connectivity index (χ0v) is 7.97. The molecule has 0 atom stereocenters. The van der Waals surface area contributed by atoms with Crippen molar-refractivity contribution in [3.05, 3.63) is 35.2 Å². The molecule has 2 aromatic rings. The van der Waals surface area contributed by atoms with E-state index in [1.165, 1.54) is 10.1 Å². The number of hydrogen-bond acceptors (Lipinski definition) is 2. The van der Waals surface area contributed by atoms with Crippen molar-refractivity contribution < 1.29 is 5.11 Å². The fourth-order valence-corrected chi connectivity index (χ4v) is 2.78. The van der Waals surface area contributed by atoms with Crippen LogP contribution in [0.25, 0.3) is 10.1 Å². The minimum Gasteiger partial charge on any atom is -0.384 e. The summed E-state index contributed by atoms with van der Waals surface area (Å²) in [6, 6.07) is 10.4. The standard InChI is InChI=1S/C11H10OS/c12-11(5-6-11)10-7-8-3-1-2-4-9(8)13-10/h1-4,7,12H,5-6H2. The van der Waals surface area contributed by atoms with Gasteiger partial charge in [-0.15, -0.1) is 11.3 Å². The summed E-state index contributed by atoms with van der Waals surface area (Å²) in [6.45, 7) is 0. The summed E-state index contributed by atoms with van der Waals surface area (Å²) in [5.41, 5.74) is -0.469. The molecule has 1 heterocycles. The second-order valence-electron chi connectivity index (χ2n) is 3.68. The zero-order valence-electron chi connectivity index (χ0n) is 7.16. The first-order valence-electron chi connectivity index (χ1n) is 4.49. The lowest BCUT2D eigenvalue weighted by atomic mass is 10.2. The van der Waals surface area contributed by atoms with Crippen LogP contribution in [0, 0.1) is 0 Å². The maximum absolute atomic E-state index is 9.91. The fourth-order valence-electron chi connectivity index (χ4n) is 1.58. The van der Waals surface area contributed by atoms with Gasteiger partial charge in [-0.25, -0.2) is 0 Å². The number of benzene rings is 1. The Kier molecular flexibility index (Phi) is 1.35. The first kappa shape index (κ1) is 7.54. The molecule has 66 valence electrons. The Balaban J connectivity index is 2.22. The second-order valence-corrected chi connectivity index (χ2v) is 4.76. The van der Waals surface area contributed by atoms with Gasteiger partial charge in [-0.1, -0.05) is 18.2 Å². The zero-order chi connectivity index (χ0) is 8.89. The van der Waals surface area contributed by atoms with E-state index in [4.69, 9.17) is 0 Å². The molecule has 0 aliphatic heterocycles. The van der Waals surface area contributed by atoms with Crippen molar-refractivity contribution in [2.75, 3.05) is 0 Å². The van der Waals surface area contributed by atoms with Crippen LogP contribution in [0.5, 0.6) is 0 Å². The van der Waals surface area contributed by atoms with Crippen molar-refractivity contribution in [1.82, 2.24) is 0 Å². The van der Waals surface area contributed by atoms with Crippen molar-refractivity contribution in [2.24, 2.45) is 0 Å². The molecule has 1 N–H and O–H groups in total. The predicted molar refractivity (Wildman–Crippen MR) is 55.0 cm³/mol. The van der Waals surface area contributed by atoms with Gasteiger partial charge in [0.15, 0.2) is 0 Å². The average Bonchev–Trinajstić information content (AvgIpc) is 2.76. The summed E-state index contributed by atoms with van der Waals surface area (Å²) >= 11 is 1.72. The van der Waals surface area contributed by atoms with E-state index in [0.29, 0.717) is 0 Å². The molecular weight excluding hydrogens is 180 g/mol. The SMILES string of the molecule is OC1(c2cc3ccccc3s2)CC1. The molecule has 3 rings (SSSR count). The van der Waals surface area contributed by atoms with Crippen LogP contribution in [0.15, 0.2) is 30.3 Å². The van der Waals surface area contributed by atoms with E-state index in [1.807, 2.05) is 12.1 Å². The summed E-state index contributed by atoms with van der Waals surface area (Å²) in [6.07, 6.45) is 1.86. The molecule has 0 bridgehead atoms. The molecule has 1 fully saturated rings. The minimum absolute atomic E-state index is 0.469. The van der Waals surface area contributed by atoms with Gasteiger partial charge in [0.1, 0.15) is 0 Å². The molecule has 0 spiro atoms. The van der Waals surface area contributed by atoms with E-state index in [0.717, 1.165) is 17.7 Å². The first-order valence-corrected chi connectivity index (χ1v) is 5.31. The Labute approximate surface area is 80.6 Å². The van der Waals surface area contributed by atoms with Crippen LogP contribution in [0.1, 0.15) is 17.7 Å². The average molecular weight is 190 g/mol. The van der Waals surface area contributed by atoms with Crippen LogP contribution in [0.2, 0.25) is 0 Å². The van der Waals surface area contributed by atoms with E-state index >= 15 is 0 Å². The van der Waals surface area contributed by atoms with Gasteiger partial charge in [-0.05, 0) is 30.4 Å². The van der Waals surface area contributed by atoms with Crippen LogP contribution >= 0.6 is 11.3 Å². The Bertz CT molecular complexity index is 421. The maximum Gasteiger partial charge on any atom is 0.0990 e. The van der Waals surface area contributed by atoms with E-state index in [2.05, 4.69) is 18.2 Å². The molecule has 1 aromatic carbocycles. The van der Waals surface area contributed by atoms with Crippen LogP contribution < -0.4 is 0 Å². The van der Waals surface area contributed by atoms with Crippen molar-refractivity contribution in [2.45, 2.75) is 18.4 Å². The Morgan fingerprint density at radius 3 is 2.69 bits per heavy atom. The fraction of sp³-hybridized carbons (Fsp3) is 0.273. The molecule has 1 nitrogen and oxygen atoms in total. The lowest BCUT2D eigenvalue weighted by Gasteiger charge is -2.00. The highest BCUT2D eigenvalue weighted by atomic mass is 32.1. The Morgan fingerprint density at radius 1 is 1.23 bits per heavy atom. The maximum atomic E-state index is 9.91. The van der Waals surface area contributed by atoms with Crippen molar-refractivity contribution in [3.63, 3.8) is 0 Å². The molecule has 0 saturated heterocycles. The van der Waals surface area contributed by atoms with Gasteiger partial charge in [-0.2, -0.15) is 0 Å². The predicted octanol–water partition coefficient (Wildman–Crippen LogP) is 2.88. The summed E-state index contributed by atoms with van der Waals surface area (Å²) in [7, 11) is 0. The van der Waals surface area contributed by atoms with Crippen molar-refractivity contribution >= 4 is 21.4 Å². The molecule has 0 amide bonds. The molecule has 1 aromatic heterocycles. The summed E-state index contributed by atoms with van der Waals surface area (Å²) < 4.78 is 1.28. The first-order chi connectivity index (χ1) is 6.28. The van der Waals surface area contributed by atoms with E-state index in [9.17, 15) is 5.11 Å². The van der Waals surface area contributed by atoms with Gasteiger partial charge in [0.2, 0.25) is 0 Å². The van der Waals surface area contributed by atoms with Gasteiger partial charge in [-0.3, -0.25) is 0 Å². The topological polar surface area (TPSA) is 20.2 Å². The Morgan fingerprint density at radius 2 is 2.00 bits per heavy atom. The molecule has 1 aliphatic carbocycles. The molecule has 1 saturated carbocycles. The second kappa shape index (κ2) is 2.34. The van der Waals surface area contributed by atoms with Gasteiger partial charge in [0.05, 0.1) is 5.60 Å². The number of thiophene rings is 1. The highest BCUT2D eigenvalue weighted by molar-refractivity contribution is 7.19. The third-order valence-electron chi connectivity index (χ3n) is 2.61. The van der Waals surface area contributed by atoms with E-state index < -0.39 is 5.60 Å². The van der Waals surface area contributed by atoms with Gasteiger partial charge in [0.25, 0.3) is 0 Å². The Hall–Kier alpha value is -0.860. The lowest BCUT2D eigenvalue weighted by Crippen LogP contribution is -1.99. The highest BCUT2D eigenvalue weighted by Crippen LogP contribution is 2.49. The normalized spacial score (nSPS) is 19.2. The van der Waals surface area contributed by atoms with Gasteiger partial charge in [0, 0.05) is 9.58 Å². The molecule has 0 unspecified atom stereocenters.